The van der Waals surface area contributed by atoms with Crippen molar-refractivity contribution in [2.75, 3.05) is 5.32 Å². The number of aromatic amines is 1. The first-order valence-corrected chi connectivity index (χ1v) is 6.84. The maximum absolute atomic E-state index is 13.3. The van der Waals surface area contributed by atoms with E-state index >= 15 is 0 Å². The van der Waals surface area contributed by atoms with Gasteiger partial charge in [-0.05, 0) is 42.3 Å². The van der Waals surface area contributed by atoms with Crippen LogP contribution in [0.4, 0.5) is 10.1 Å². The first-order chi connectivity index (χ1) is 10.2. The van der Waals surface area contributed by atoms with Crippen LogP contribution in [0.5, 0.6) is 0 Å². The maximum Gasteiger partial charge on any atom is 0.257 e. The third-order valence-electron chi connectivity index (χ3n) is 3.51. The number of aromatic nitrogens is 1. The quantitative estimate of drug-likeness (QED) is 0.745. The lowest BCUT2D eigenvalue weighted by molar-refractivity contribution is 0.102. The summed E-state index contributed by atoms with van der Waals surface area (Å²) in [5.41, 5.74) is 3.11. The number of benzene rings is 2. The van der Waals surface area contributed by atoms with Gasteiger partial charge in [-0.1, -0.05) is 19.1 Å². The molecule has 1 aromatic heterocycles. The molecule has 21 heavy (non-hydrogen) atoms. The van der Waals surface area contributed by atoms with Gasteiger partial charge in [-0.2, -0.15) is 0 Å². The summed E-state index contributed by atoms with van der Waals surface area (Å²) in [6.07, 6.45) is 2.55. The topological polar surface area (TPSA) is 44.9 Å². The van der Waals surface area contributed by atoms with Gasteiger partial charge in [-0.25, -0.2) is 4.39 Å². The minimum Gasteiger partial charge on any atom is -0.360 e. The number of amides is 1. The third-order valence-corrected chi connectivity index (χ3v) is 3.51. The number of hydrogen-bond acceptors (Lipinski definition) is 1. The summed E-state index contributed by atoms with van der Waals surface area (Å²) in [6, 6.07) is 12.0. The molecule has 3 nitrogen and oxygen atoms in total. The molecular formula is C17H15FN2O. The zero-order chi connectivity index (χ0) is 14.8. The molecule has 1 amide bonds. The Morgan fingerprint density at radius 2 is 1.95 bits per heavy atom. The van der Waals surface area contributed by atoms with Crippen molar-refractivity contribution in [1.29, 1.82) is 0 Å². The summed E-state index contributed by atoms with van der Waals surface area (Å²) < 4.78 is 13.3. The Kier molecular flexibility index (Phi) is 3.44. The van der Waals surface area contributed by atoms with Gasteiger partial charge < -0.3 is 10.3 Å². The molecule has 4 heteroatoms. The van der Waals surface area contributed by atoms with E-state index in [0.29, 0.717) is 10.9 Å². The van der Waals surface area contributed by atoms with Crippen molar-refractivity contribution < 1.29 is 9.18 Å². The fraction of sp³-hybridized carbons (Fsp3) is 0.118. The molecular weight excluding hydrogens is 267 g/mol. The minimum absolute atomic E-state index is 0.254. The molecule has 0 aliphatic carbocycles. The molecule has 0 saturated heterocycles. The van der Waals surface area contributed by atoms with E-state index in [2.05, 4.69) is 17.2 Å². The van der Waals surface area contributed by atoms with Crippen LogP contribution in [0.25, 0.3) is 10.9 Å². The minimum atomic E-state index is -0.358. The number of H-pyrrole nitrogens is 1. The summed E-state index contributed by atoms with van der Waals surface area (Å²) in [7, 11) is 0. The molecule has 1 heterocycles. The Morgan fingerprint density at radius 1 is 1.19 bits per heavy atom. The molecule has 2 aromatic carbocycles. The predicted molar refractivity (Wildman–Crippen MR) is 82.0 cm³/mol. The highest BCUT2D eigenvalue weighted by atomic mass is 19.1. The fourth-order valence-electron chi connectivity index (χ4n) is 2.30. The number of halogens is 1. The number of fused-ring (bicyclic) bond motifs is 1. The Labute approximate surface area is 121 Å². The van der Waals surface area contributed by atoms with E-state index in [1.807, 2.05) is 24.3 Å². The van der Waals surface area contributed by atoms with E-state index in [4.69, 9.17) is 0 Å². The molecule has 0 unspecified atom stereocenters. The van der Waals surface area contributed by atoms with Gasteiger partial charge in [0.05, 0.1) is 5.56 Å². The molecule has 0 aliphatic rings. The Morgan fingerprint density at radius 3 is 2.67 bits per heavy atom. The molecule has 0 atom stereocenters. The number of nitrogens with one attached hydrogen (secondary N) is 2. The van der Waals surface area contributed by atoms with E-state index in [-0.39, 0.29) is 11.7 Å². The Hall–Kier alpha value is -2.62. The zero-order valence-corrected chi connectivity index (χ0v) is 11.6. The lowest BCUT2D eigenvalue weighted by Crippen LogP contribution is -2.11. The van der Waals surface area contributed by atoms with Crippen LogP contribution in [0.2, 0.25) is 0 Å². The number of carbonyl (C=O) groups is 1. The molecule has 106 valence electrons. The van der Waals surface area contributed by atoms with Gasteiger partial charge in [0, 0.05) is 22.8 Å². The molecule has 0 spiro atoms. The van der Waals surface area contributed by atoms with Gasteiger partial charge in [0.15, 0.2) is 0 Å². The van der Waals surface area contributed by atoms with Crippen LogP contribution >= 0.6 is 0 Å². The van der Waals surface area contributed by atoms with Crippen LogP contribution in [0.1, 0.15) is 22.8 Å². The van der Waals surface area contributed by atoms with Crippen molar-refractivity contribution in [1.82, 2.24) is 4.98 Å². The highest BCUT2D eigenvalue weighted by Crippen LogP contribution is 2.21. The van der Waals surface area contributed by atoms with Crippen LogP contribution in [0, 0.1) is 5.82 Å². The largest absolute Gasteiger partial charge is 0.360 e. The summed E-state index contributed by atoms with van der Waals surface area (Å²) in [4.78, 5) is 15.3. The molecule has 3 aromatic rings. The smallest absolute Gasteiger partial charge is 0.257 e. The van der Waals surface area contributed by atoms with E-state index in [9.17, 15) is 9.18 Å². The first kappa shape index (κ1) is 13.4. The van der Waals surface area contributed by atoms with E-state index in [0.717, 1.165) is 17.6 Å². The van der Waals surface area contributed by atoms with Gasteiger partial charge >= 0.3 is 0 Å². The van der Waals surface area contributed by atoms with Gasteiger partial charge in [0.2, 0.25) is 0 Å². The number of rotatable bonds is 3. The van der Waals surface area contributed by atoms with Gasteiger partial charge in [0.1, 0.15) is 5.82 Å². The molecule has 0 aliphatic heterocycles. The van der Waals surface area contributed by atoms with Crippen molar-refractivity contribution in [3.05, 3.63) is 65.6 Å². The Balaban J connectivity index is 1.87. The molecule has 0 radical (unpaired) electrons. The van der Waals surface area contributed by atoms with Crippen molar-refractivity contribution in [2.24, 2.45) is 0 Å². The van der Waals surface area contributed by atoms with Crippen molar-refractivity contribution in [3.63, 3.8) is 0 Å². The highest BCUT2D eigenvalue weighted by molar-refractivity contribution is 6.12. The van der Waals surface area contributed by atoms with Gasteiger partial charge in [-0.15, -0.1) is 0 Å². The van der Waals surface area contributed by atoms with Crippen LogP contribution in [0.15, 0.2) is 48.7 Å². The monoisotopic (exact) mass is 282 g/mol. The van der Waals surface area contributed by atoms with E-state index < -0.39 is 0 Å². The SMILES string of the molecule is CCc1ccc(NC(=O)c2c[nH]c3ccc(F)cc23)cc1. The number of hydrogen-bond donors (Lipinski definition) is 2. The summed E-state index contributed by atoms with van der Waals surface area (Å²) in [6.45, 7) is 2.08. The highest BCUT2D eigenvalue weighted by Gasteiger charge is 2.12. The van der Waals surface area contributed by atoms with Crippen LogP contribution in [0.3, 0.4) is 0 Å². The third kappa shape index (κ3) is 2.65. The van der Waals surface area contributed by atoms with Crippen molar-refractivity contribution >= 4 is 22.5 Å². The summed E-state index contributed by atoms with van der Waals surface area (Å²) >= 11 is 0. The second kappa shape index (κ2) is 5.40. The number of carbonyl (C=O) groups excluding carboxylic acids is 1. The normalized spacial score (nSPS) is 10.8. The first-order valence-electron chi connectivity index (χ1n) is 6.84. The fourth-order valence-corrected chi connectivity index (χ4v) is 2.30. The Bertz CT molecular complexity index is 790. The van der Waals surface area contributed by atoms with Crippen molar-refractivity contribution in [3.8, 4) is 0 Å². The lowest BCUT2D eigenvalue weighted by Gasteiger charge is -2.05. The van der Waals surface area contributed by atoms with Crippen molar-refractivity contribution in [2.45, 2.75) is 13.3 Å². The molecule has 2 N–H and O–H groups in total. The average molecular weight is 282 g/mol. The summed E-state index contributed by atoms with van der Waals surface area (Å²) in [5.74, 6) is -0.612. The predicted octanol–water partition coefficient (Wildman–Crippen LogP) is 4.12. The van der Waals surface area contributed by atoms with Crippen LogP contribution < -0.4 is 5.32 Å². The van der Waals surface area contributed by atoms with Crippen LogP contribution in [-0.2, 0) is 6.42 Å². The maximum atomic E-state index is 13.3. The molecule has 3 rings (SSSR count). The van der Waals surface area contributed by atoms with E-state index in [1.54, 1.807) is 12.3 Å². The molecule has 0 fully saturated rings. The average Bonchev–Trinajstić information content (AvgIpc) is 2.91. The van der Waals surface area contributed by atoms with E-state index in [1.165, 1.54) is 17.7 Å². The molecule has 0 bridgehead atoms. The lowest BCUT2D eigenvalue weighted by atomic mass is 10.1. The van der Waals surface area contributed by atoms with Gasteiger partial charge in [-0.3, -0.25) is 4.79 Å². The second-order valence-electron chi connectivity index (χ2n) is 4.90. The molecule has 0 saturated carbocycles. The zero-order valence-electron chi connectivity index (χ0n) is 11.6. The standard InChI is InChI=1S/C17H15FN2O/c1-2-11-3-6-13(7-4-11)20-17(21)15-10-19-16-8-5-12(18)9-14(15)16/h3-10,19H,2H2,1H3,(H,20,21). The summed E-state index contributed by atoms with van der Waals surface area (Å²) in [5, 5.41) is 3.41. The van der Waals surface area contributed by atoms with Crippen LogP contribution in [-0.4, -0.2) is 10.9 Å². The second-order valence-corrected chi connectivity index (χ2v) is 4.90. The number of aryl methyl sites for hydroxylation is 1. The number of anilines is 1. The van der Waals surface area contributed by atoms with Gasteiger partial charge in [0.25, 0.3) is 5.91 Å².